The van der Waals surface area contributed by atoms with Crippen LogP contribution in [-0.4, -0.2) is 51.1 Å². The molecule has 2 aromatic carbocycles. The van der Waals surface area contributed by atoms with Crippen LogP contribution in [0.5, 0.6) is 17.2 Å². The van der Waals surface area contributed by atoms with E-state index in [9.17, 15) is 9.59 Å². The number of likely N-dealkylation sites (tertiary alicyclic amines) is 1. The molecule has 1 N–H and O–H groups in total. The van der Waals surface area contributed by atoms with Crippen LogP contribution in [-0.2, 0) is 4.79 Å². The fourth-order valence-electron chi connectivity index (χ4n) is 3.54. The van der Waals surface area contributed by atoms with Crippen LogP contribution >= 0.6 is 15.9 Å². The molecule has 1 aliphatic heterocycles. The first kappa shape index (κ1) is 22.0. The highest BCUT2D eigenvalue weighted by atomic mass is 79.9. The molecular formula is C22H25BrN2O5. The Kier molecular flexibility index (Phi) is 7.20. The first-order chi connectivity index (χ1) is 14.5. The number of hydrogen-bond donors (Lipinski definition) is 1. The zero-order chi connectivity index (χ0) is 21.7. The molecule has 2 amide bonds. The van der Waals surface area contributed by atoms with Crippen molar-refractivity contribution in [1.82, 2.24) is 4.90 Å². The van der Waals surface area contributed by atoms with E-state index in [2.05, 4.69) is 21.2 Å². The van der Waals surface area contributed by atoms with Crippen molar-refractivity contribution in [3.63, 3.8) is 0 Å². The predicted molar refractivity (Wildman–Crippen MR) is 117 cm³/mol. The van der Waals surface area contributed by atoms with Crippen LogP contribution in [0, 0.1) is 5.92 Å². The van der Waals surface area contributed by atoms with E-state index < -0.39 is 0 Å². The third kappa shape index (κ3) is 4.87. The molecule has 0 atom stereocenters. The second-order valence-electron chi connectivity index (χ2n) is 6.98. The van der Waals surface area contributed by atoms with Gasteiger partial charge in [-0.05, 0) is 43.2 Å². The first-order valence-electron chi connectivity index (χ1n) is 9.62. The van der Waals surface area contributed by atoms with Crippen LogP contribution in [0.3, 0.4) is 0 Å². The average Bonchev–Trinajstić information content (AvgIpc) is 2.77. The maximum absolute atomic E-state index is 13.0. The summed E-state index contributed by atoms with van der Waals surface area (Å²) in [4.78, 5) is 27.3. The Bertz CT molecular complexity index is 900. The Labute approximate surface area is 184 Å². The van der Waals surface area contributed by atoms with Gasteiger partial charge in [-0.3, -0.25) is 9.59 Å². The van der Waals surface area contributed by atoms with E-state index in [4.69, 9.17) is 14.2 Å². The molecule has 0 saturated carbocycles. The van der Waals surface area contributed by atoms with Gasteiger partial charge in [-0.25, -0.2) is 0 Å². The molecule has 0 radical (unpaired) electrons. The van der Waals surface area contributed by atoms with E-state index in [-0.39, 0.29) is 17.7 Å². The number of anilines is 1. The summed E-state index contributed by atoms with van der Waals surface area (Å²) in [6.07, 6.45) is 1.21. The molecule has 7 nitrogen and oxygen atoms in total. The van der Waals surface area contributed by atoms with Crippen LogP contribution in [0.4, 0.5) is 5.69 Å². The largest absolute Gasteiger partial charge is 0.493 e. The minimum Gasteiger partial charge on any atom is -0.493 e. The molecular weight excluding hydrogens is 452 g/mol. The summed E-state index contributed by atoms with van der Waals surface area (Å²) in [6.45, 7) is 1.01. The van der Waals surface area contributed by atoms with Gasteiger partial charge < -0.3 is 24.4 Å². The van der Waals surface area contributed by atoms with Crippen LogP contribution in [0.15, 0.2) is 40.9 Å². The summed E-state index contributed by atoms with van der Waals surface area (Å²) in [6, 6.07) is 10.8. The zero-order valence-electron chi connectivity index (χ0n) is 17.2. The summed E-state index contributed by atoms with van der Waals surface area (Å²) in [5, 5.41) is 2.95. The highest BCUT2D eigenvalue weighted by Crippen LogP contribution is 2.38. The van der Waals surface area contributed by atoms with E-state index >= 15 is 0 Å². The van der Waals surface area contributed by atoms with Crippen molar-refractivity contribution < 1.29 is 23.8 Å². The number of ether oxygens (including phenoxy) is 3. The maximum Gasteiger partial charge on any atom is 0.254 e. The van der Waals surface area contributed by atoms with Crippen molar-refractivity contribution >= 4 is 33.4 Å². The maximum atomic E-state index is 13.0. The molecule has 1 aliphatic rings. The standard InChI is InChI=1S/C22H25BrN2O5/c1-28-18-11-15(12-19(29-2)20(18)30-3)22(27)25-9-7-14(8-10-25)21(26)24-17-6-4-5-16(23)13-17/h4-6,11-14H,7-10H2,1-3H3,(H,24,26). The van der Waals surface area contributed by atoms with Crippen molar-refractivity contribution in [2.45, 2.75) is 12.8 Å². The minimum absolute atomic E-state index is 0.0204. The number of halogens is 1. The van der Waals surface area contributed by atoms with Crippen molar-refractivity contribution in [1.29, 1.82) is 0 Å². The van der Waals surface area contributed by atoms with E-state index in [0.29, 0.717) is 48.7 Å². The number of methoxy groups -OCH3 is 3. The topological polar surface area (TPSA) is 77.1 Å². The molecule has 0 aromatic heterocycles. The molecule has 0 unspecified atom stereocenters. The predicted octanol–water partition coefficient (Wildman–Crippen LogP) is 3.97. The number of benzene rings is 2. The van der Waals surface area contributed by atoms with Gasteiger partial charge in [0.25, 0.3) is 5.91 Å². The Morgan fingerprint density at radius 1 is 1.00 bits per heavy atom. The summed E-state index contributed by atoms with van der Waals surface area (Å²) in [5.74, 6) is 1.03. The Balaban J connectivity index is 1.64. The third-order valence-electron chi connectivity index (χ3n) is 5.16. The van der Waals surface area contributed by atoms with Gasteiger partial charge in [-0.1, -0.05) is 22.0 Å². The smallest absolute Gasteiger partial charge is 0.254 e. The van der Waals surface area contributed by atoms with Gasteiger partial charge in [0, 0.05) is 34.7 Å². The lowest BCUT2D eigenvalue weighted by atomic mass is 9.95. The number of carbonyl (C=O) groups excluding carboxylic acids is 2. The summed E-state index contributed by atoms with van der Waals surface area (Å²) >= 11 is 3.40. The van der Waals surface area contributed by atoms with Gasteiger partial charge in [-0.2, -0.15) is 0 Å². The monoisotopic (exact) mass is 476 g/mol. The van der Waals surface area contributed by atoms with Crippen molar-refractivity contribution in [2.75, 3.05) is 39.7 Å². The molecule has 2 aromatic rings. The first-order valence-corrected chi connectivity index (χ1v) is 10.4. The Hall–Kier alpha value is -2.74. The second kappa shape index (κ2) is 9.84. The molecule has 3 rings (SSSR count). The van der Waals surface area contributed by atoms with E-state index in [1.165, 1.54) is 21.3 Å². The molecule has 0 aliphatic carbocycles. The van der Waals surface area contributed by atoms with Gasteiger partial charge in [0.05, 0.1) is 21.3 Å². The zero-order valence-corrected chi connectivity index (χ0v) is 18.8. The van der Waals surface area contributed by atoms with Crippen molar-refractivity contribution in [3.8, 4) is 17.2 Å². The number of nitrogens with one attached hydrogen (secondary N) is 1. The number of rotatable bonds is 6. The molecule has 1 saturated heterocycles. The summed E-state index contributed by atoms with van der Waals surface area (Å²) in [5.41, 5.74) is 1.21. The molecule has 1 heterocycles. The molecule has 0 bridgehead atoms. The quantitative estimate of drug-likeness (QED) is 0.682. The van der Waals surface area contributed by atoms with Crippen LogP contribution in [0.2, 0.25) is 0 Å². The minimum atomic E-state index is -0.132. The third-order valence-corrected chi connectivity index (χ3v) is 5.65. The lowest BCUT2D eigenvalue weighted by molar-refractivity contribution is -0.121. The number of carbonyl (C=O) groups is 2. The summed E-state index contributed by atoms with van der Waals surface area (Å²) in [7, 11) is 4.55. The number of amides is 2. The SMILES string of the molecule is COc1cc(C(=O)N2CCC(C(=O)Nc3cccc(Br)c3)CC2)cc(OC)c1OC. The molecule has 30 heavy (non-hydrogen) atoms. The number of nitrogens with zero attached hydrogens (tertiary/aromatic N) is 1. The number of hydrogen-bond acceptors (Lipinski definition) is 5. The van der Waals surface area contributed by atoms with Gasteiger partial charge in [0.15, 0.2) is 11.5 Å². The second-order valence-corrected chi connectivity index (χ2v) is 7.90. The van der Waals surface area contributed by atoms with Gasteiger partial charge >= 0.3 is 0 Å². The van der Waals surface area contributed by atoms with E-state index in [1.807, 2.05) is 24.3 Å². The molecule has 8 heteroatoms. The number of piperidine rings is 1. The van der Waals surface area contributed by atoms with E-state index in [0.717, 1.165) is 10.2 Å². The van der Waals surface area contributed by atoms with Gasteiger partial charge in [0.1, 0.15) is 0 Å². The Morgan fingerprint density at radius 2 is 1.63 bits per heavy atom. The highest BCUT2D eigenvalue weighted by molar-refractivity contribution is 9.10. The fraction of sp³-hybridized carbons (Fsp3) is 0.364. The summed E-state index contributed by atoms with van der Waals surface area (Å²) < 4.78 is 16.9. The normalized spacial score (nSPS) is 14.2. The van der Waals surface area contributed by atoms with E-state index in [1.54, 1.807) is 17.0 Å². The lowest BCUT2D eigenvalue weighted by Crippen LogP contribution is -2.41. The molecule has 0 spiro atoms. The van der Waals surface area contributed by atoms with Crippen molar-refractivity contribution in [3.05, 3.63) is 46.4 Å². The van der Waals surface area contributed by atoms with Crippen LogP contribution < -0.4 is 19.5 Å². The highest BCUT2D eigenvalue weighted by Gasteiger charge is 2.29. The van der Waals surface area contributed by atoms with Crippen molar-refractivity contribution in [2.24, 2.45) is 5.92 Å². The van der Waals surface area contributed by atoms with Gasteiger partial charge in [-0.15, -0.1) is 0 Å². The van der Waals surface area contributed by atoms with Gasteiger partial charge in [0.2, 0.25) is 11.7 Å². The molecule has 1 fully saturated rings. The lowest BCUT2D eigenvalue weighted by Gasteiger charge is -2.31. The molecule has 160 valence electrons. The average molecular weight is 477 g/mol. The van der Waals surface area contributed by atoms with Crippen LogP contribution in [0.25, 0.3) is 0 Å². The fourth-order valence-corrected chi connectivity index (χ4v) is 3.94. The van der Waals surface area contributed by atoms with Crippen LogP contribution in [0.1, 0.15) is 23.2 Å². The Morgan fingerprint density at radius 3 is 2.17 bits per heavy atom.